The molecule has 2 aromatic heterocycles. The quantitative estimate of drug-likeness (QED) is 0.794. The Morgan fingerprint density at radius 3 is 1.77 bits per heavy atom. The number of allylic oxidation sites excluding steroid dienone is 2. The number of furan rings is 2. The van der Waals surface area contributed by atoms with E-state index in [0.29, 0.717) is 34.1 Å². The molecule has 7 heteroatoms. The molecule has 0 atom stereocenters. The highest BCUT2D eigenvalue weighted by Crippen LogP contribution is 2.25. The molecule has 0 bridgehead atoms. The van der Waals surface area contributed by atoms with Crippen molar-refractivity contribution in [2.75, 3.05) is 0 Å². The van der Waals surface area contributed by atoms with Gasteiger partial charge in [-0.1, -0.05) is 0 Å². The molecule has 0 amide bonds. The van der Waals surface area contributed by atoms with Crippen LogP contribution in [-0.2, 0) is 32.3 Å². The normalized spacial score (nSPS) is 14.2. The molecule has 0 aliphatic carbocycles. The first-order valence-corrected chi connectivity index (χ1v) is 8.10. The molecule has 3 heterocycles. The van der Waals surface area contributed by atoms with Gasteiger partial charge in [0.2, 0.25) is 0 Å². The number of carbonyl (C=O) groups excluding carboxylic acids is 2. The van der Waals surface area contributed by atoms with Gasteiger partial charge in [0.25, 0.3) is 0 Å². The molecule has 1 N–H and O–H groups in total. The summed E-state index contributed by atoms with van der Waals surface area (Å²) in [5, 5.41) is 3.04. The number of rotatable bonds is 6. The Morgan fingerprint density at radius 1 is 0.923 bits per heavy atom. The second-order valence-electron chi connectivity index (χ2n) is 5.82. The zero-order valence-electron chi connectivity index (χ0n) is 14.5. The number of hydrogen-bond acceptors (Lipinski definition) is 7. The van der Waals surface area contributed by atoms with Gasteiger partial charge in [0.05, 0.1) is 23.7 Å². The minimum atomic E-state index is -0.504. The van der Waals surface area contributed by atoms with Crippen LogP contribution >= 0.6 is 0 Å². The molecule has 26 heavy (non-hydrogen) atoms. The van der Waals surface area contributed by atoms with Gasteiger partial charge in [-0.15, -0.1) is 0 Å². The minimum Gasteiger partial charge on any atom is -0.466 e. The van der Waals surface area contributed by atoms with E-state index >= 15 is 0 Å². The zero-order valence-corrected chi connectivity index (χ0v) is 14.5. The van der Waals surface area contributed by atoms with Gasteiger partial charge in [-0.05, 0) is 38.1 Å². The smallest absolute Gasteiger partial charge is 0.336 e. The van der Waals surface area contributed by atoms with Crippen molar-refractivity contribution < 1.29 is 27.9 Å². The van der Waals surface area contributed by atoms with Crippen molar-refractivity contribution in [1.29, 1.82) is 0 Å². The van der Waals surface area contributed by atoms with Crippen LogP contribution in [0, 0.1) is 0 Å². The van der Waals surface area contributed by atoms with E-state index < -0.39 is 11.9 Å². The fraction of sp³-hybridized carbons (Fsp3) is 0.263. The highest BCUT2D eigenvalue weighted by Gasteiger charge is 2.27. The predicted octanol–water partition coefficient (Wildman–Crippen LogP) is 3.20. The molecule has 0 aromatic carbocycles. The highest BCUT2D eigenvalue weighted by atomic mass is 16.5. The molecule has 7 nitrogen and oxygen atoms in total. The predicted molar refractivity (Wildman–Crippen MR) is 90.2 cm³/mol. The van der Waals surface area contributed by atoms with E-state index in [2.05, 4.69) is 5.32 Å². The SMILES string of the molecule is CC1=C(C(=O)OCc2ccco2)CC(C(=O)OCc2ccco2)=C(C)N1. The Kier molecular flexibility index (Phi) is 5.26. The summed E-state index contributed by atoms with van der Waals surface area (Å²) in [7, 11) is 0. The van der Waals surface area contributed by atoms with Crippen LogP contribution < -0.4 is 5.32 Å². The lowest BCUT2D eigenvalue weighted by molar-refractivity contribution is -0.141. The number of nitrogens with one attached hydrogen (secondary N) is 1. The molecule has 2 aromatic rings. The first-order chi connectivity index (χ1) is 12.5. The van der Waals surface area contributed by atoms with Crippen molar-refractivity contribution in [3.63, 3.8) is 0 Å². The maximum atomic E-state index is 12.4. The van der Waals surface area contributed by atoms with Gasteiger partial charge >= 0.3 is 11.9 Å². The molecular formula is C19H19NO6. The van der Waals surface area contributed by atoms with Crippen molar-refractivity contribution in [1.82, 2.24) is 5.32 Å². The fourth-order valence-corrected chi connectivity index (χ4v) is 2.56. The van der Waals surface area contributed by atoms with Gasteiger partial charge in [-0.25, -0.2) is 9.59 Å². The Morgan fingerprint density at radius 2 is 1.38 bits per heavy atom. The molecule has 3 rings (SSSR count). The van der Waals surface area contributed by atoms with Gasteiger partial charge in [-0.3, -0.25) is 0 Å². The lowest BCUT2D eigenvalue weighted by atomic mass is 9.98. The van der Waals surface area contributed by atoms with Crippen LogP contribution in [0.3, 0.4) is 0 Å². The van der Waals surface area contributed by atoms with Crippen LogP contribution in [-0.4, -0.2) is 11.9 Å². The molecule has 1 aliphatic heterocycles. The van der Waals surface area contributed by atoms with Crippen LogP contribution in [0.15, 0.2) is 68.2 Å². The molecule has 0 unspecified atom stereocenters. The van der Waals surface area contributed by atoms with Gasteiger partial charge in [0.1, 0.15) is 24.7 Å². The fourth-order valence-electron chi connectivity index (χ4n) is 2.56. The molecule has 136 valence electrons. The van der Waals surface area contributed by atoms with Crippen LogP contribution in [0.5, 0.6) is 0 Å². The minimum absolute atomic E-state index is 0.0313. The number of esters is 2. The zero-order chi connectivity index (χ0) is 18.5. The second-order valence-corrected chi connectivity index (χ2v) is 5.82. The van der Waals surface area contributed by atoms with Gasteiger partial charge < -0.3 is 23.6 Å². The number of ether oxygens (including phenoxy) is 2. The summed E-state index contributed by atoms with van der Waals surface area (Å²) in [6.07, 6.45) is 3.16. The van der Waals surface area contributed by atoms with Gasteiger partial charge in [-0.2, -0.15) is 0 Å². The third kappa shape index (κ3) is 4.05. The number of dihydropyridines is 1. The molecule has 0 fully saturated rings. The first-order valence-electron chi connectivity index (χ1n) is 8.10. The Hall–Kier alpha value is -3.22. The van der Waals surface area contributed by atoms with Crippen molar-refractivity contribution in [2.45, 2.75) is 33.5 Å². The van der Waals surface area contributed by atoms with E-state index in [1.807, 2.05) is 0 Å². The van der Waals surface area contributed by atoms with E-state index in [4.69, 9.17) is 18.3 Å². The maximum Gasteiger partial charge on any atom is 0.336 e. The monoisotopic (exact) mass is 357 g/mol. The van der Waals surface area contributed by atoms with Crippen LogP contribution in [0.25, 0.3) is 0 Å². The van der Waals surface area contributed by atoms with Crippen molar-refractivity contribution >= 4 is 11.9 Å². The topological polar surface area (TPSA) is 90.9 Å². The summed E-state index contributed by atoms with van der Waals surface area (Å²) in [5.74, 6) is 0.0841. The first kappa shape index (κ1) is 17.6. The summed E-state index contributed by atoms with van der Waals surface area (Å²) in [6, 6.07) is 6.87. The molecule has 0 spiro atoms. The lowest BCUT2D eigenvalue weighted by Crippen LogP contribution is -2.26. The van der Waals surface area contributed by atoms with Crippen molar-refractivity contribution in [3.8, 4) is 0 Å². The summed E-state index contributed by atoms with van der Waals surface area (Å²) >= 11 is 0. The van der Waals surface area contributed by atoms with Gasteiger partial charge in [0.15, 0.2) is 0 Å². The second kappa shape index (κ2) is 7.77. The molecule has 0 saturated carbocycles. The third-order valence-corrected chi connectivity index (χ3v) is 3.98. The summed E-state index contributed by atoms with van der Waals surface area (Å²) in [4.78, 5) is 24.7. The van der Waals surface area contributed by atoms with Crippen molar-refractivity contribution in [2.24, 2.45) is 0 Å². The van der Waals surface area contributed by atoms with Crippen LogP contribution in [0.4, 0.5) is 0 Å². The summed E-state index contributed by atoms with van der Waals surface area (Å²) in [5.41, 5.74) is 2.06. The molecule has 0 saturated heterocycles. The summed E-state index contributed by atoms with van der Waals surface area (Å²) < 4.78 is 20.8. The van der Waals surface area contributed by atoms with Crippen molar-refractivity contribution in [3.05, 3.63) is 70.9 Å². The van der Waals surface area contributed by atoms with E-state index in [1.54, 1.807) is 38.1 Å². The largest absolute Gasteiger partial charge is 0.466 e. The third-order valence-electron chi connectivity index (χ3n) is 3.98. The molecular weight excluding hydrogens is 338 g/mol. The Balaban J connectivity index is 1.62. The molecule has 1 aliphatic rings. The standard InChI is InChI=1S/C19H19NO6/c1-12-16(18(21)25-10-14-5-3-7-23-14)9-17(13(2)20-12)19(22)26-11-15-6-4-8-24-15/h3-8,20H,9-11H2,1-2H3. The van der Waals surface area contributed by atoms with Crippen LogP contribution in [0.1, 0.15) is 31.8 Å². The maximum absolute atomic E-state index is 12.4. The Labute approximate surface area is 150 Å². The Bertz CT molecular complexity index is 772. The summed E-state index contributed by atoms with van der Waals surface area (Å²) in [6.45, 7) is 3.59. The van der Waals surface area contributed by atoms with Crippen LogP contribution in [0.2, 0.25) is 0 Å². The van der Waals surface area contributed by atoms with Gasteiger partial charge in [0, 0.05) is 17.8 Å². The number of hydrogen-bond donors (Lipinski definition) is 1. The molecule has 0 radical (unpaired) electrons. The highest BCUT2D eigenvalue weighted by molar-refractivity contribution is 5.96. The van der Waals surface area contributed by atoms with E-state index in [0.717, 1.165) is 0 Å². The van der Waals surface area contributed by atoms with E-state index in [9.17, 15) is 9.59 Å². The lowest BCUT2D eigenvalue weighted by Gasteiger charge is -2.22. The average Bonchev–Trinajstić information content (AvgIpc) is 3.31. The van der Waals surface area contributed by atoms with E-state index in [-0.39, 0.29) is 19.6 Å². The average molecular weight is 357 g/mol. The van der Waals surface area contributed by atoms with E-state index in [1.165, 1.54) is 12.5 Å². The number of carbonyl (C=O) groups is 2.